The zero-order chi connectivity index (χ0) is 8.10. The lowest BCUT2D eigenvalue weighted by molar-refractivity contribution is 0.0699. The van der Waals surface area contributed by atoms with Gasteiger partial charge in [-0.25, -0.2) is 4.79 Å². The second kappa shape index (κ2) is 3.81. The Morgan fingerprint density at radius 3 is 3.00 bits per heavy atom. The molecular formula is C8H10NO2. The Kier molecular flexibility index (Phi) is 2.72. The van der Waals surface area contributed by atoms with Gasteiger partial charge in [-0.15, -0.1) is 0 Å². The van der Waals surface area contributed by atoms with Crippen molar-refractivity contribution < 1.29 is 9.53 Å². The highest BCUT2D eigenvalue weighted by molar-refractivity contribution is 5.38. The molecule has 0 aliphatic carbocycles. The topological polar surface area (TPSA) is 29.5 Å². The molecule has 0 bridgehead atoms. The van der Waals surface area contributed by atoms with E-state index in [-0.39, 0.29) is 6.23 Å². The molecule has 0 saturated heterocycles. The number of allylic oxidation sites excluding steroid dienone is 2. The molecule has 0 spiro atoms. The summed E-state index contributed by atoms with van der Waals surface area (Å²) < 4.78 is 4.62. The summed E-state index contributed by atoms with van der Waals surface area (Å²) in [4.78, 5) is 11.7. The first-order valence-corrected chi connectivity index (χ1v) is 3.46. The molecular weight excluding hydrogens is 142 g/mol. The van der Waals surface area contributed by atoms with Crippen LogP contribution in [0, 0.1) is 0 Å². The highest BCUT2D eigenvalue weighted by Gasteiger charge is 2.09. The molecule has 0 aromatic heterocycles. The van der Waals surface area contributed by atoms with Gasteiger partial charge in [0.05, 0.1) is 0 Å². The van der Waals surface area contributed by atoms with Crippen LogP contribution < -0.4 is 0 Å². The van der Waals surface area contributed by atoms with E-state index in [1.165, 1.54) is 6.47 Å². The van der Waals surface area contributed by atoms with Crippen LogP contribution in [0.1, 0.15) is 6.92 Å². The Balaban J connectivity index is 2.41. The SMILES string of the molecule is CC(O[C]=O)N1C=CC=CC1. The molecule has 1 aliphatic rings. The molecule has 1 heterocycles. The van der Waals surface area contributed by atoms with Crippen LogP contribution in [-0.2, 0) is 9.53 Å². The fourth-order valence-electron chi connectivity index (χ4n) is 0.889. The van der Waals surface area contributed by atoms with Crippen molar-refractivity contribution in [2.75, 3.05) is 6.54 Å². The Morgan fingerprint density at radius 1 is 1.64 bits per heavy atom. The van der Waals surface area contributed by atoms with E-state index in [4.69, 9.17) is 0 Å². The number of hydrogen-bond donors (Lipinski definition) is 0. The van der Waals surface area contributed by atoms with Crippen molar-refractivity contribution >= 4 is 6.47 Å². The van der Waals surface area contributed by atoms with E-state index < -0.39 is 0 Å². The minimum atomic E-state index is -0.228. The summed E-state index contributed by atoms with van der Waals surface area (Å²) in [5.41, 5.74) is 0. The molecule has 0 fully saturated rings. The van der Waals surface area contributed by atoms with Gasteiger partial charge in [-0.05, 0) is 13.0 Å². The van der Waals surface area contributed by atoms with Crippen molar-refractivity contribution in [2.45, 2.75) is 13.2 Å². The van der Waals surface area contributed by atoms with Crippen molar-refractivity contribution in [1.82, 2.24) is 4.90 Å². The average Bonchev–Trinajstić information content (AvgIpc) is 2.07. The summed E-state index contributed by atoms with van der Waals surface area (Å²) in [5.74, 6) is 0. The third-order valence-corrected chi connectivity index (χ3v) is 1.53. The van der Waals surface area contributed by atoms with Gasteiger partial charge in [0.2, 0.25) is 0 Å². The smallest absolute Gasteiger partial charge is 0.419 e. The van der Waals surface area contributed by atoms with E-state index in [2.05, 4.69) is 4.74 Å². The lowest BCUT2D eigenvalue weighted by Gasteiger charge is -2.25. The van der Waals surface area contributed by atoms with Gasteiger partial charge in [0.25, 0.3) is 0 Å². The first kappa shape index (κ1) is 7.85. The maximum atomic E-state index is 9.84. The Morgan fingerprint density at radius 2 is 2.45 bits per heavy atom. The molecule has 1 aliphatic heterocycles. The van der Waals surface area contributed by atoms with Gasteiger partial charge in [-0.1, -0.05) is 12.2 Å². The lowest BCUT2D eigenvalue weighted by Crippen LogP contribution is -2.31. The van der Waals surface area contributed by atoms with Crippen LogP contribution in [0.2, 0.25) is 0 Å². The predicted octanol–water partition coefficient (Wildman–Crippen LogP) is 0.802. The molecule has 0 saturated carbocycles. The van der Waals surface area contributed by atoms with E-state index in [1.807, 2.05) is 29.3 Å². The highest BCUT2D eigenvalue weighted by Crippen LogP contribution is 2.04. The zero-order valence-electron chi connectivity index (χ0n) is 6.36. The van der Waals surface area contributed by atoms with Crippen molar-refractivity contribution in [3.05, 3.63) is 24.4 Å². The third kappa shape index (κ3) is 2.11. The molecule has 3 heteroatoms. The number of nitrogens with zero attached hydrogens (tertiary/aromatic N) is 1. The maximum absolute atomic E-state index is 9.84. The Labute approximate surface area is 65.9 Å². The molecule has 59 valence electrons. The standard InChI is InChI=1S/C8H10NO2/c1-8(11-7-10)9-5-3-2-4-6-9/h2-5,8H,6H2,1H3. The molecule has 0 aromatic rings. The summed E-state index contributed by atoms with van der Waals surface area (Å²) >= 11 is 0. The van der Waals surface area contributed by atoms with Gasteiger partial charge in [-0.3, -0.25) is 0 Å². The fraction of sp³-hybridized carbons (Fsp3) is 0.375. The first-order valence-electron chi connectivity index (χ1n) is 3.46. The van der Waals surface area contributed by atoms with E-state index in [0.717, 1.165) is 6.54 Å². The van der Waals surface area contributed by atoms with Gasteiger partial charge in [0.15, 0.2) is 6.23 Å². The van der Waals surface area contributed by atoms with Crippen LogP contribution in [0.15, 0.2) is 24.4 Å². The van der Waals surface area contributed by atoms with E-state index in [0.29, 0.717) is 0 Å². The summed E-state index contributed by atoms with van der Waals surface area (Å²) in [7, 11) is 0. The van der Waals surface area contributed by atoms with Gasteiger partial charge in [0, 0.05) is 12.7 Å². The molecule has 1 atom stereocenters. The van der Waals surface area contributed by atoms with E-state index in [1.54, 1.807) is 6.92 Å². The van der Waals surface area contributed by atoms with Crippen LogP contribution in [-0.4, -0.2) is 24.1 Å². The molecule has 0 N–H and O–H groups in total. The molecule has 1 unspecified atom stereocenters. The summed E-state index contributed by atoms with van der Waals surface area (Å²) in [6.07, 6.45) is 7.49. The molecule has 0 amide bonds. The van der Waals surface area contributed by atoms with Gasteiger partial charge < -0.3 is 9.64 Å². The van der Waals surface area contributed by atoms with Crippen molar-refractivity contribution in [3.63, 3.8) is 0 Å². The van der Waals surface area contributed by atoms with Gasteiger partial charge in [0.1, 0.15) is 0 Å². The number of rotatable bonds is 3. The van der Waals surface area contributed by atoms with Gasteiger partial charge >= 0.3 is 6.47 Å². The minimum absolute atomic E-state index is 0.228. The number of ether oxygens (including phenoxy) is 1. The second-order valence-corrected chi connectivity index (χ2v) is 2.27. The number of carbonyl (C=O) groups excluding carboxylic acids is 1. The highest BCUT2D eigenvalue weighted by atomic mass is 16.5. The first-order chi connectivity index (χ1) is 5.34. The molecule has 1 rings (SSSR count). The predicted molar refractivity (Wildman–Crippen MR) is 41.2 cm³/mol. The third-order valence-electron chi connectivity index (χ3n) is 1.53. The zero-order valence-corrected chi connectivity index (χ0v) is 6.36. The maximum Gasteiger partial charge on any atom is 0.419 e. The van der Waals surface area contributed by atoms with Crippen LogP contribution in [0.3, 0.4) is 0 Å². The van der Waals surface area contributed by atoms with Crippen LogP contribution >= 0.6 is 0 Å². The van der Waals surface area contributed by atoms with Crippen molar-refractivity contribution in [2.24, 2.45) is 0 Å². The average molecular weight is 152 g/mol. The lowest BCUT2D eigenvalue weighted by atomic mass is 10.3. The Hall–Kier alpha value is -1.25. The molecule has 1 radical (unpaired) electrons. The van der Waals surface area contributed by atoms with Gasteiger partial charge in [-0.2, -0.15) is 0 Å². The van der Waals surface area contributed by atoms with E-state index in [9.17, 15) is 4.79 Å². The summed E-state index contributed by atoms with van der Waals surface area (Å²) in [6.45, 7) is 3.99. The molecule has 11 heavy (non-hydrogen) atoms. The number of hydrogen-bond acceptors (Lipinski definition) is 3. The largest absolute Gasteiger partial charge is 0.433 e. The second-order valence-electron chi connectivity index (χ2n) is 2.27. The summed E-state index contributed by atoms with van der Waals surface area (Å²) in [5, 5.41) is 0. The molecule has 0 aromatic carbocycles. The summed E-state index contributed by atoms with van der Waals surface area (Å²) in [6, 6.07) is 0. The van der Waals surface area contributed by atoms with Crippen LogP contribution in [0.25, 0.3) is 0 Å². The van der Waals surface area contributed by atoms with Crippen LogP contribution in [0.5, 0.6) is 0 Å². The minimum Gasteiger partial charge on any atom is -0.433 e. The fourth-order valence-corrected chi connectivity index (χ4v) is 0.889. The normalized spacial score (nSPS) is 18.1. The monoisotopic (exact) mass is 152 g/mol. The quantitative estimate of drug-likeness (QED) is 0.599. The van der Waals surface area contributed by atoms with Crippen molar-refractivity contribution in [1.29, 1.82) is 0 Å². The molecule has 3 nitrogen and oxygen atoms in total. The van der Waals surface area contributed by atoms with Crippen molar-refractivity contribution in [3.8, 4) is 0 Å². The Bertz CT molecular complexity index is 187. The van der Waals surface area contributed by atoms with E-state index >= 15 is 0 Å². The van der Waals surface area contributed by atoms with Crippen LogP contribution in [0.4, 0.5) is 0 Å².